The summed E-state index contributed by atoms with van der Waals surface area (Å²) >= 11 is 0. The minimum atomic E-state index is -0.396. The molecule has 4 heteroatoms. The SMILES string of the molecule is COc1ccc(OC)c2c1[C@@H]1C3=C(C(=O)C4=C(C3=O)C3c5ccccc5C4c4ccccc43)[C@H]2c2ccccc21. The van der Waals surface area contributed by atoms with E-state index >= 15 is 0 Å². The Labute approximate surface area is 231 Å². The second-order valence-corrected chi connectivity index (χ2v) is 11.2. The average molecular weight is 521 g/mol. The molecule has 0 aliphatic heterocycles. The number of ketones is 2. The molecule has 0 unspecified atom stereocenters. The second-order valence-electron chi connectivity index (χ2n) is 11.2. The predicted octanol–water partition coefficient (Wildman–Crippen LogP) is 6.33. The molecule has 0 radical (unpaired) electrons. The molecular formula is C36H24O4. The molecule has 7 aliphatic rings. The molecule has 0 spiro atoms. The van der Waals surface area contributed by atoms with Gasteiger partial charge in [0.1, 0.15) is 11.5 Å². The number of methoxy groups -OCH3 is 2. The van der Waals surface area contributed by atoms with E-state index in [9.17, 15) is 9.59 Å². The molecule has 4 aromatic carbocycles. The van der Waals surface area contributed by atoms with Crippen LogP contribution in [-0.2, 0) is 9.59 Å². The summed E-state index contributed by atoms with van der Waals surface area (Å²) in [6, 6.07) is 28.7. The van der Waals surface area contributed by atoms with E-state index in [1.54, 1.807) is 14.2 Å². The lowest BCUT2D eigenvalue weighted by Gasteiger charge is -2.49. The maximum Gasteiger partial charge on any atom is 0.187 e. The van der Waals surface area contributed by atoms with Gasteiger partial charge >= 0.3 is 0 Å². The van der Waals surface area contributed by atoms with Crippen LogP contribution in [-0.4, -0.2) is 25.8 Å². The summed E-state index contributed by atoms with van der Waals surface area (Å²) in [5.41, 5.74) is 11.1. The van der Waals surface area contributed by atoms with Crippen molar-refractivity contribution in [1.29, 1.82) is 0 Å². The molecule has 192 valence electrons. The number of hydrogen-bond acceptors (Lipinski definition) is 4. The number of Topliss-reactive ketones (excluding diaryl/α,β-unsaturated/α-hetero) is 2. The van der Waals surface area contributed by atoms with Crippen molar-refractivity contribution >= 4 is 11.6 Å². The molecule has 0 saturated heterocycles. The third kappa shape index (κ3) is 2.36. The highest BCUT2D eigenvalue weighted by molar-refractivity contribution is 6.30. The summed E-state index contributed by atoms with van der Waals surface area (Å²) in [6.45, 7) is 0. The molecule has 0 heterocycles. The van der Waals surface area contributed by atoms with Gasteiger partial charge in [0.05, 0.1) is 14.2 Å². The van der Waals surface area contributed by atoms with Crippen molar-refractivity contribution in [3.63, 3.8) is 0 Å². The first-order valence-corrected chi connectivity index (χ1v) is 13.7. The number of hydrogen-bond donors (Lipinski definition) is 0. The van der Waals surface area contributed by atoms with Crippen LogP contribution in [0.5, 0.6) is 11.5 Å². The minimum Gasteiger partial charge on any atom is -0.496 e. The van der Waals surface area contributed by atoms with Gasteiger partial charge in [-0.1, -0.05) is 72.8 Å². The van der Waals surface area contributed by atoms with Crippen LogP contribution < -0.4 is 9.47 Å². The molecule has 7 aliphatic carbocycles. The highest BCUT2D eigenvalue weighted by Crippen LogP contribution is 2.65. The number of carbonyl (C=O) groups excluding carboxylic acids is 2. The van der Waals surface area contributed by atoms with Gasteiger partial charge in [0.15, 0.2) is 11.6 Å². The third-order valence-electron chi connectivity index (χ3n) is 9.79. The smallest absolute Gasteiger partial charge is 0.187 e. The molecular weight excluding hydrogens is 496 g/mol. The van der Waals surface area contributed by atoms with Gasteiger partial charge in [0, 0.05) is 57.1 Å². The topological polar surface area (TPSA) is 52.6 Å². The van der Waals surface area contributed by atoms with E-state index in [0.29, 0.717) is 33.8 Å². The Morgan fingerprint density at radius 3 is 1.00 bits per heavy atom. The first-order chi connectivity index (χ1) is 19.7. The highest BCUT2D eigenvalue weighted by atomic mass is 16.5. The van der Waals surface area contributed by atoms with E-state index in [-0.39, 0.29) is 23.4 Å². The molecule has 40 heavy (non-hydrogen) atoms. The van der Waals surface area contributed by atoms with Gasteiger partial charge in [-0.25, -0.2) is 0 Å². The molecule has 4 aromatic rings. The maximum atomic E-state index is 15.0. The van der Waals surface area contributed by atoms with Crippen LogP contribution in [0.15, 0.2) is 107 Å². The van der Waals surface area contributed by atoms with Gasteiger partial charge in [-0.2, -0.15) is 0 Å². The fraction of sp³-hybridized carbons (Fsp3) is 0.167. The van der Waals surface area contributed by atoms with E-state index in [4.69, 9.17) is 9.47 Å². The zero-order valence-electron chi connectivity index (χ0n) is 22.0. The maximum absolute atomic E-state index is 15.0. The van der Waals surface area contributed by atoms with E-state index in [1.165, 1.54) is 0 Å². The van der Waals surface area contributed by atoms with E-state index in [0.717, 1.165) is 44.5 Å². The molecule has 11 rings (SSSR count). The largest absolute Gasteiger partial charge is 0.496 e. The Morgan fingerprint density at radius 2 is 0.700 bits per heavy atom. The summed E-state index contributed by atoms with van der Waals surface area (Å²) < 4.78 is 11.8. The number of allylic oxidation sites excluding steroid dienone is 4. The summed E-state index contributed by atoms with van der Waals surface area (Å²) in [7, 11) is 3.32. The van der Waals surface area contributed by atoms with Crippen molar-refractivity contribution in [2.75, 3.05) is 14.2 Å². The predicted molar refractivity (Wildman–Crippen MR) is 150 cm³/mol. The molecule has 4 nitrogen and oxygen atoms in total. The average Bonchev–Trinajstić information content (AvgIpc) is 3.02. The molecule has 2 atom stereocenters. The first-order valence-electron chi connectivity index (χ1n) is 13.7. The van der Waals surface area contributed by atoms with E-state index in [1.807, 2.05) is 48.5 Å². The molecule has 0 fully saturated rings. The zero-order valence-corrected chi connectivity index (χ0v) is 22.0. The highest BCUT2D eigenvalue weighted by Gasteiger charge is 2.57. The Kier molecular flexibility index (Phi) is 4.14. The summed E-state index contributed by atoms with van der Waals surface area (Å²) in [5.74, 6) is 0.147. The van der Waals surface area contributed by atoms with Crippen molar-refractivity contribution in [2.45, 2.75) is 23.7 Å². The Morgan fingerprint density at radius 1 is 0.425 bits per heavy atom. The molecule has 0 aromatic heterocycles. The molecule has 0 amide bonds. The van der Waals surface area contributed by atoms with Gasteiger partial charge in [0.25, 0.3) is 0 Å². The van der Waals surface area contributed by atoms with Gasteiger partial charge in [-0.3, -0.25) is 9.59 Å². The summed E-state index contributed by atoms with van der Waals surface area (Å²) in [6.07, 6.45) is 0. The van der Waals surface area contributed by atoms with Crippen LogP contribution in [0.25, 0.3) is 0 Å². The number of rotatable bonds is 2. The van der Waals surface area contributed by atoms with Crippen molar-refractivity contribution in [2.24, 2.45) is 0 Å². The first kappa shape index (κ1) is 22.2. The fourth-order valence-corrected chi connectivity index (χ4v) is 8.45. The van der Waals surface area contributed by atoms with Crippen molar-refractivity contribution in [3.05, 3.63) is 152 Å². The molecule has 4 bridgehead atoms. The Balaban J connectivity index is 1.35. The molecule has 0 N–H and O–H groups in total. The van der Waals surface area contributed by atoms with Gasteiger partial charge in [-0.05, 0) is 45.5 Å². The van der Waals surface area contributed by atoms with Crippen molar-refractivity contribution in [3.8, 4) is 11.5 Å². The van der Waals surface area contributed by atoms with E-state index in [2.05, 4.69) is 36.4 Å². The normalized spacial score (nSPS) is 24.1. The van der Waals surface area contributed by atoms with Gasteiger partial charge in [-0.15, -0.1) is 0 Å². The second kappa shape index (κ2) is 7.48. The standard InChI is InChI=1S/C36H24O4/c1-39-23-15-16-24(40-2)30-28-22-14-8-7-13-21(22)27(29(23)30)33-34(28)36(38)32-26-19-11-5-3-9-17(19)25(31(32)35(33)37)18-10-4-6-12-20(18)26/h3-16,25-28H,1-2H3/t25?,26?,27-,28+. The monoisotopic (exact) mass is 520 g/mol. The van der Waals surface area contributed by atoms with Crippen LogP contribution in [0, 0.1) is 0 Å². The lowest BCUT2D eigenvalue weighted by atomic mass is 9.51. The van der Waals surface area contributed by atoms with Gasteiger partial charge < -0.3 is 9.47 Å². The quantitative estimate of drug-likeness (QED) is 0.290. The van der Waals surface area contributed by atoms with Crippen molar-refractivity contribution < 1.29 is 19.1 Å². The number of carbonyl (C=O) groups is 2. The van der Waals surface area contributed by atoms with Crippen LogP contribution in [0.3, 0.4) is 0 Å². The molecule has 0 saturated carbocycles. The van der Waals surface area contributed by atoms with Crippen molar-refractivity contribution in [1.82, 2.24) is 0 Å². The zero-order chi connectivity index (χ0) is 26.9. The van der Waals surface area contributed by atoms with E-state index < -0.39 is 11.8 Å². The van der Waals surface area contributed by atoms with Crippen LogP contribution in [0.1, 0.15) is 68.2 Å². The summed E-state index contributed by atoms with van der Waals surface area (Å²) in [5, 5.41) is 0. The Bertz CT molecular complexity index is 1760. The minimum absolute atomic E-state index is 0.00336. The number of benzene rings is 4. The van der Waals surface area contributed by atoms with Crippen LogP contribution in [0.4, 0.5) is 0 Å². The third-order valence-corrected chi connectivity index (χ3v) is 9.79. The lowest BCUT2D eigenvalue weighted by Crippen LogP contribution is -2.43. The van der Waals surface area contributed by atoms with Crippen LogP contribution >= 0.6 is 0 Å². The summed E-state index contributed by atoms with van der Waals surface area (Å²) in [4.78, 5) is 29.9. The fourth-order valence-electron chi connectivity index (χ4n) is 8.45. The lowest BCUT2D eigenvalue weighted by molar-refractivity contribution is -0.117. The van der Waals surface area contributed by atoms with Crippen LogP contribution in [0.2, 0.25) is 0 Å². The Hall–Kier alpha value is -4.70. The number of ether oxygens (including phenoxy) is 2. The van der Waals surface area contributed by atoms with Gasteiger partial charge in [0.2, 0.25) is 0 Å².